The van der Waals surface area contributed by atoms with Crippen LogP contribution in [0.5, 0.6) is 5.88 Å². The minimum absolute atomic E-state index is 0. The van der Waals surface area contributed by atoms with E-state index in [-0.39, 0.29) is 29.9 Å². The third-order valence-electron chi connectivity index (χ3n) is 2.69. The number of hydrogen-bond donors (Lipinski definition) is 2. The van der Waals surface area contributed by atoms with Crippen molar-refractivity contribution in [3.05, 3.63) is 23.9 Å². The number of nitrogens with zero attached hydrogens (tertiary/aromatic N) is 2. The number of halogens is 4. The van der Waals surface area contributed by atoms with Gasteiger partial charge in [0.1, 0.15) is 0 Å². The van der Waals surface area contributed by atoms with Crippen molar-refractivity contribution in [2.45, 2.75) is 26.6 Å². The molecule has 0 aliphatic carbocycles. The van der Waals surface area contributed by atoms with E-state index < -0.39 is 12.8 Å². The number of alkyl halides is 3. The van der Waals surface area contributed by atoms with Gasteiger partial charge in [-0.15, -0.1) is 24.0 Å². The summed E-state index contributed by atoms with van der Waals surface area (Å²) in [7, 11) is 0. The average Bonchev–Trinajstić information content (AvgIpc) is 2.55. The van der Waals surface area contributed by atoms with Crippen molar-refractivity contribution < 1.29 is 22.6 Å². The van der Waals surface area contributed by atoms with E-state index in [0.29, 0.717) is 38.8 Å². The van der Waals surface area contributed by atoms with Crippen LogP contribution in [0.1, 0.15) is 19.4 Å². The Hall–Kier alpha value is -1.30. The van der Waals surface area contributed by atoms with Gasteiger partial charge in [0, 0.05) is 32.0 Å². The van der Waals surface area contributed by atoms with Gasteiger partial charge < -0.3 is 20.1 Å². The molecule has 0 radical (unpaired) electrons. The Morgan fingerprint density at radius 2 is 2.00 bits per heavy atom. The fourth-order valence-corrected chi connectivity index (χ4v) is 1.64. The lowest BCUT2D eigenvalue weighted by atomic mass is 10.3. The second-order valence-electron chi connectivity index (χ2n) is 4.73. The number of aliphatic imine (C=N–C) groups is 1. The summed E-state index contributed by atoms with van der Waals surface area (Å²) in [6.07, 6.45) is -2.93. The lowest BCUT2D eigenvalue weighted by Gasteiger charge is -2.11. The minimum Gasteiger partial charge on any atom is -0.468 e. The van der Waals surface area contributed by atoms with E-state index >= 15 is 0 Å². The highest BCUT2D eigenvalue weighted by Crippen LogP contribution is 2.17. The van der Waals surface area contributed by atoms with Crippen LogP contribution in [-0.4, -0.2) is 50.0 Å². The van der Waals surface area contributed by atoms with Crippen LogP contribution in [0, 0.1) is 0 Å². The SMILES string of the molecule is CCNC(=NCc1ccc(OCC(F)(F)F)nc1)NCCOCC.I. The molecule has 0 spiro atoms. The normalized spacial score (nSPS) is 11.6. The summed E-state index contributed by atoms with van der Waals surface area (Å²) in [5, 5.41) is 6.21. The number of guanidine groups is 1. The molecule has 0 unspecified atom stereocenters. The number of pyridine rings is 1. The Morgan fingerprint density at radius 1 is 1.24 bits per heavy atom. The predicted molar refractivity (Wildman–Crippen MR) is 101 cm³/mol. The van der Waals surface area contributed by atoms with E-state index in [1.54, 1.807) is 6.07 Å². The maximum atomic E-state index is 12.1. The summed E-state index contributed by atoms with van der Waals surface area (Å²) in [6.45, 7) is 5.44. The zero-order valence-electron chi connectivity index (χ0n) is 14.2. The molecular weight excluding hydrogens is 452 g/mol. The summed E-state index contributed by atoms with van der Waals surface area (Å²) >= 11 is 0. The Labute approximate surface area is 162 Å². The zero-order chi connectivity index (χ0) is 17.8. The minimum atomic E-state index is -4.38. The highest BCUT2D eigenvalue weighted by molar-refractivity contribution is 14.0. The molecule has 2 N–H and O–H groups in total. The van der Waals surface area contributed by atoms with Gasteiger partial charge >= 0.3 is 6.18 Å². The third-order valence-corrected chi connectivity index (χ3v) is 2.69. The molecule has 1 aromatic rings. The van der Waals surface area contributed by atoms with Crippen LogP contribution in [0.15, 0.2) is 23.3 Å². The van der Waals surface area contributed by atoms with Crippen LogP contribution in [0.3, 0.4) is 0 Å². The Morgan fingerprint density at radius 3 is 2.56 bits per heavy atom. The molecule has 10 heteroatoms. The summed E-state index contributed by atoms with van der Waals surface area (Å²) < 4.78 is 46.0. The molecule has 0 aromatic carbocycles. The lowest BCUT2D eigenvalue weighted by molar-refractivity contribution is -0.154. The van der Waals surface area contributed by atoms with E-state index in [1.165, 1.54) is 12.3 Å². The van der Waals surface area contributed by atoms with Crippen molar-refractivity contribution in [2.24, 2.45) is 4.99 Å². The van der Waals surface area contributed by atoms with E-state index in [9.17, 15) is 13.2 Å². The molecule has 0 bridgehead atoms. The monoisotopic (exact) mass is 476 g/mol. The van der Waals surface area contributed by atoms with Gasteiger partial charge in [0.15, 0.2) is 12.6 Å². The van der Waals surface area contributed by atoms with Crippen LogP contribution >= 0.6 is 24.0 Å². The highest BCUT2D eigenvalue weighted by atomic mass is 127. The zero-order valence-corrected chi connectivity index (χ0v) is 16.6. The van der Waals surface area contributed by atoms with Gasteiger partial charge in [-0.2, -0.15) is 13.2 Å². The van der Waals surface area contributed by atoms with Crippen molar-refractivity contribution in [1.82, 2.24) is 15.6 Å². The summed E-state index contributed by atoms with van der Waals surface area (Å²) in [5.41, 5.74) is 0.761. The molecule has 1 aromatic heterocycles. The van der Waals surface area contributed by atoms with Gasteiger partial charge in [-0.05, 0) is 19.4 Å². The smallest absolute Gasteiger partial charge is 0.422 e. The van der Waals surface area contributed by atoms with Gasteiger partial charge in [-0.3, -0.25) is 0 Å². The molecule has 0 saturated carbocycles. The van der Waals surface area contributed by atoms with Crippen LogP contribution in [0.25, 0.3) is 0 Å². The number of hydrogen-bond acceptors (Lipinski definition) is 4. The van der Waals surface area contributed by atoms with Gasteiger partial charge in [-0.25, -0.2) is 9.98 Å². The van der Waals surface area contributed by atoms with Crippen molar-refractivity contribution in [3.63, 3.8) is 0 Å². The molecule has 0 amide bonds. The fraction of sp³-hybridized carbons (Fsp3) is 0.600. The molecule has 0 saturated heterocycles. The lowest BCUT2D eigenvalue weighted by Crippen LogP contribution is -2.39. The van der Waals surface area contributed by atoms with Crippen LogP contribution < -0.4 is 15.4 Å². The van der Waals surface area contributed by atoms with Crippen molar-refractivity contribution in [1.29, 1.82) is 0 Å². The molecule has 0 aliphatic rings. The van der Waals surface area contributed by atoms with E-state index in [0.717, 1.165) is 5.56 Å². The number of nitrogens with one attached hydrogen (secondary N) is 2. The fourth-order valence-electron chi connectivity index (χ4n) is 1.64. The Balaban J connectivity index is 0.00000576. The standard InChI is InChI=1S/C15H23F3N4O2.HI/c1-3-19-14(20-7-8-23-4-2)22-10-12-5-6-13(21-9-12)24-11-15(16,17)18;/h5-6,9H,3-4,7-8,10-11H2,1-2H3,(H2,19,20,22);1H. The predicted octanol–water partition coefficient (Wildman–Crippen LogP) is 2.73. The summed E-state index contributed by atoms with van der Waals surface area (Å²) in [6, 6.07) is 3.03. The van der Waals surface area contributed by atoms with Gasteiger partial charge in [0.05, 0.1) is 13.2 Å². The maximum Gasteiger partial charge on any atom is 0.422 e. The van der Waals surface area contributed by atoms with Crippen LogP contribution in [0.2, 0.25) is 0 Å². The summed E-state index contributed by atoms with van der Waals surface area (Å²) in [5.74, 6) is 0.566. The van der Waals surface area contributed by atoms with Gasteiger partial charge in [-0.1, -0.05) is 6.07 Å². The van der Waals surface area contributed by atoms with Gasteiger partial charge in [0.2, 0.25) is 5.88 Å². The first kappa shape index (κ1) is 23.7. The maximum absolute atomic E-state index is 12.1. The van der Waals surface area contributed by atoms with Crippen LogP contribution in [0.4, 0.5) is 13.2 Å². The molecule has 1 rings (SSSR count). The van der Waals surface area contributed by atoms with E-state index in [2.05, 4.69) is 25.3 Å². The second-order valence-corrected chi connectivity index (χ2v) is 4.73. The number of rotatable bonds is 9. The van der Waals surface area contributed by atoms with Crippen molar-refractivity contribution in [2.75, 3.05) is 32.9 Å². The quantitative estimate of drug-likeness (QED) is 0.249. The largest absolute Gasteiger partial charge is 0.468 e. The van der Waals surface area contributed by atoms with Crippen molar-refractivity contribution >= 4 is 29.9 Å². The molecule has 25 heavy (non-hydrogen) atoms. The second kappa shape index (κ2) is 13.0. The molecule has 1 heterocycles. The molecular formula is C15H24F3IN4O2. The molecule has 0 atom stereocenters. The topological polar surface area (TPSA) is 67.8 Å². The molecule has 0 aliphatic heterocycles. The molecule has 6 nitrogen and oxygen atoms in total. The first-order chi connectivity index (χ1) is 11.4. The van der Waals surface area contributed by atoms with Crippen molar-refractivity contribution in [3.8, 4) is 5.88 Å². The van der Waals surface area contributed by atoms with E-state index in [4.69, 9.17) is 4.74 Å². The van der Waals surface area contributed by atoms with Crippen LogP contribution in [-0.2, 0) is 11.3 Å². The van der Waals surface area contributed by atoms with Gasteiger partial charge in [0.25, 0.3) is 0 Å². The van der Waals surface area contributed by atoms with E-state index in [1.807, 2.05) is 13.8 Å². The Kier molecular flexibility index (Phi) is 12.3. The first-order valence-electron chi connectivity index (χ1n) is 7.69. The molecule has 0 fully saturated rings. The number of ether oxygens (including phenoxy) is 2. The number of aromatic nitrogens is 1. The summed E-state index contributed by atoms with van der Waals surface area (Å²) in [4.78, 5) is 8.21. The highest BCUT2D eigenvalue weighted by Gasteiger charge is 2.28. The molecule has 144 valence electrons. The third kappa shape index (κ3) is 11.8. The first-order valence-corrected chi connectivity index (χ1v) is 7.69. The Bertz CT molecular complexity index is 499. The average molecular weight is 476 g/mol.